The molecule has 0 radical (unpaired) electrons. The maximum absolute atomic E-state index is 12.2. The molecule has 98 valence electrons. The van der Waals surface area contributed by atoms with Crippen LogP contribution in [0.5, 0.6) is 11.5 Å². The fraction of sp³-hybridized carbons (Fsp3) is 0.273. The van der Waals surface area contributed by atoms with Gasteiger partial charge in [0.05, 0.1) is 5.56 Å². The third kappa shape index (κ3) is 2.79. The highest BCUT2D eigenvalue weighted by molar-refractivity contribution is 6.03. The number of halogens is 3. The number of hydrogen-bond acceptors (Lipinski definition) is 4. The van der Waals surface area contributed by atoms with Crippen molar-refractivity contribution in [2.45, 2.75) is 20.0 Å². The zero-order valence-electron chi connectivity index (χ0n) is 9.46. The standard InChI is InChI=1S/C11H9F3O4/c1-5-8(18-6(2)15)4-3-7(9(5)16)10(17)11(12,13)14/h3-4,16H,1-2H3. The predicted molar refractivity (Wildman–Crippen MR) is 54.5 cm³/mol. The molecule has 0 unspecified atom stereocenters. The quantitative estimate of drug-likeness (QED) is 0.505. The van der Waals surface area contributed by atoms with Gasteiger partial charge in [0.1, 0.15) is 11.5 Å². The largest absolute Gasteiger partial charge is 0.507 e. The van der Waals surface area contributed by atoms with Crippen molar-refractivity contribution in [2.24, 2.45) is 0 Å². The van der Waals surface area contributed by atoms with Gasteiger partial charge in [-0.2, -0.15) is 13.2 Å². The van der Waals surface area contributed by atoms with Crippen LogP contribution in [0.2, 0.25) is 0 Å². The van der Waals surface area contributed by atoms with Crippen LogP contribution in [0.1, 0.15) is 22.8 Å². The average Bonchev–Trinajstić information content (AvgIpc) is 2.22. The summed E-state index contributed by atoms with van der Waals surface area (Å²) in [7, 11) is 0. The number of phenols is 1. The highest BCUT2D eigenvalue weighted by Crippen LogP contribution is 2.34. The van der Waals surface area contributed by atoms with Gasteiger partial charge in [0.15, 0.2) is 0 Å². The minimum absolute atomic E-state index is 0.0984. The van der Waals surface area contributed by atoms with Crippen LogP contribution in [-0.2, 0) is 4.79 Å². The lowest BCUT2D eigenvalue weighted by Gasteiger charge is -2.11. The minimum Gasteiger partial charge on any atom is -0.507 e. The number of esters is 1. The van der Waals surface area contributed by atoms with Crippen molar-refractivity contribution in [3.8, 4) is 11.5 Å². The number of aromatic hydroxyl groups is 1. The molecule has 4 nitrogen and oxygen atoms in total. The van der Waals surface area contributed by atoms with E-state index in [0.717, 1.165) is 19.1 Å². The third-order valence-corrected chi connectivity index (χ3v) is 2.14. The molecular weight excluding hydrogens is 253 g/mol. The van der Waals surface area contributed by atoms with E-state index < -0.39 is 29.2 Å². The van der Waals surface area contributed by atoms with Crippen molar-refractivity contribution >= 4 is 11.8 Å². The molecule has 0 saturated carbocycles. The summed E-state index contributed by atoms with van der Waals surface area (Å²) in [6.07, 6.45) is -5.08. The molecule has 1 rings (SSSR count). The molecule has 0 atom stereocenters. The molecule has 0 fully saturated rings. The molecular formula is C11H9F3O4. The number of phenolic OH excluding ortho intramolecular Hbond substituents is 1. The van der Waals surface area contributed by atoms with E-state index in [2.05, 4.69) is 4.74 Å². The van der Waals surface area contributed by atoms with Gasteiger partial charge in [-0.05, 0) is 19.1 Å². The van der Waals surface area contributed by atoms with Crippen molar-refractivity contribution in [3.63, 3.8) is 0 Å². The summed E-state index contributed by atoms with van der Waals surface area (Å²) in [5, 5.41) is 9.51. The average molecular weight is 262 g/mol. The Morgan fingerprint density at radius 2 is 1.83 bits per heavy atom. The Morgan fingerprint density at radius 1 is 1.28 bits per heavy atom. The lowest BCUT2D eigenvalue weighted by Crippen LogP contribution is -2.23. The first-order valence-corrected chi connectivity index (χ1v) is 4.77. The lowest BCUT2D eigenvalue weighted by atomic mass is 10.0. The van der Waals surface area contributed by atoms with E-state index in [0.29, 0.717) is 0 Å². The van der Waals surface area contributed by atoms with Gasteiger partial charge in [-0.25, -0.2) is 0 Å². The van der Waals surface area contributed by atoms with E-state index in [-0.39, 0.29) is 11.3 Å². The van der Waals surface area contributed by atoms with E-state index in [1.807, 2.05) is 0 Å². The monoisotopic (exact) mass is 262 g/mol. The summed E-state index contributed by atoms with van der Waals surface area (Å²) >= 11 is 0. The smallest absolute Gasteiger partial charge is 0.455 e. The maximum Gasteiger partial charge on any atom is 0.455 e. The molecule has 0 aliphatic heterocycles. The fourth-order valence-electron chi connectivity index (χ4n) is 1.28. The Morgan fingerprint density at radius 3 is 2.28 bits per heavy atom. The first kappa shape index (κ1) is 14.0. The van der Waals surface area contributed by atoms with Crippen molar-refractivity contribution in [1.29, 1.82) is 0 Å². The number of ether oxygens (including phenoxy) is 1. The number of hydrogen-bond donors (Lipinski definition) is 1. The Balaban J connectivity index is 3.24. The summed E-state index contributed by atoms with van der Waals surface area (Å²) < 4.78 is 41.3. The highest BCUT2D eigenvalue weighted by Gasteiger charge is 2.41. The summed E-state index contributed by atoms with van der Waals surface area (Å²) in [5.74, 6) is -3.79. The summed E-state index contributed by atoms with van der Waals surface area (Å²) in [4.78, 5) is 21.7. The van der Waals surface area contributed by atoms with Crippen molar-refractivity contribution in [1.82, 2.24) is 0 Å². The molecule has 7 heteroatoms. The van der Waals surface area contributed by atoms with Gasteiger partial charge in [-0.1, -0.05) is 0 Å². The highest BCUT2D eigenvalue weighted by atomic mass is 19.4. The van der Waals surface area contributed by atoms with Crippen LogP contribution in [0.15, 0.2) is 12.1 Å². The zero-order valence-corrected chi connectivity index (χ0v) is 9.46. The Kier molecular flexibility index (Phi) is 3.64. The molecule has 0 aromatic heterocycles. The van der Waals surface area contributed by atoms with Gasteiger partial charge < -0.3 is 9.84 Å². The summed E-state index contributed by atoms with van der Waals surface area (Å²) in [5.41, 5.74) is -0.990. The maximum atomic E-state index is 12.2. The van der Waals surface area contributed by atoms with Gasteiger partial charge in [0, 0.05) is 12.5 Å². The first-order valence-electron chi connectivity index (χ1n) is 4.77. The Hall–Kier alpha value is -2.05. The van der Waals surface area contributed by atoms with E-state index >= 15 is 0 Å². The predicted octanol–water partition coefficient (Wildman–Crippen LogP) is 2.37. The molecule has 0 saturated heterocycles. The molecule has 0 heterocycles. The van der Waals surface area contributed by atoms with Crippen LogP contribution >= 0.6 is 0 Å². The first-order chi connectivity index (χ1) is 8.14. The van der Waals surface area contributed by atoms with E-state index in [9.17, 15) is 27.9 Å². The fourth-order valence-corrected chi connectivity index (χ4v) is 1.28. The topological polar surface area (TPSA) is 63.6 Å². The van der Waals surface area contributed by atoms with Crippen molar-refractivity contribution in [3.05, 3.63) is 23.3 Å². The van der Waals surface area contributed by atoms with Crippen LogP contribution in [-0.4, -0.2) is 23.0 Å². The number of carbonyl (C=O) groups excluding carboxylic acids is 2. The Labute approximate surface area is 100.0 Å². The molecule has 0 aliphatic carbocycles. The lowest BCUT2D eigenvalue weighted by molar-refractivity contribution is -0.131. The summed E-state index contributed by atoms with van der Waals surface area (Å²) in [6.45, 7) is 2.34. The molecule has 0 amide bonds. The molecule has 1 aromatic carbocycles. The normalized spacial score (nSPS) is 11.2. The number of carbonyl (C=O) groups is 2. The molecule has 0 aliphatic rings. The second-order valence-electron chi connectivity index (χ2n) is 3.51. The number of alkyl halides is 3. The summed E-state index contributed by atoms with van der Waals surface area (Å²) in [6, 6.07) is 1.78. The molecule has 0 spiro atoms. The van der Waals surface area contributed by atoms with Crippen molar-refractivity contribution < 1.29 is 32.6 Å². The number of rotatable bonds is 2. The SMILES string of the molecule is CC(=O)Oc1ccc(C(=O)C(F)(F)F)c(O)c1C. The number of ketones is 1. The number of Topliss-reactive ketones (excluding diaryl/α,β-unsaturated/α-hetero) is 1. The van der Waals surface area contributed by atoms with E-state index in [4.69, 9.17) is 0 Å². The van der Waals surface area contributed by atoms with Crippen LogP contribution in [0.25, 0.3) is 0 Å². The second kappa shape index (κ2) is 4.67. The van der Waals surface area contributed by atoms with Crippen molar-refractivity contribution in [2.75, 3.05) is 0 Å². The molecule has 0 bridgehead atoms. The van der Waals surface area contributed by atoms with E-state index in [1.54, 1.807) is 0 Å². The van der Waals surface area contributed by atoms with Crippen LogP contribution in [0.4, 0.5) is 13.2 Å². The van der Waals surface area contributed by atoms with Gasteiger partial charge in [-0.15, -0.1) is 0 Å². The van der Waals surface area contributed by atoms with Crippen LogP contribution < -0.4 is 4.74 Å². The van der Waals surface area contributed by atoms with Crippen LogP contribution in [0.3, 0.4) is 0 Å². The van der Waals surface area contributed by atoms with Gasteiger partial charge in [0.25, 0.3) is 5.78 Å². The minimum atomic E-state index is -5.08. The van der Waals surface area contributed by atoms with Gasteiger partial charge >= 0.3 is 12.1 Å². The zero-order chi connectivity index (χ0) is 14.1. The Bertz CT molecular complexity index is 506. The second-order valence-corrected chi connectivity index (χ2v) is 3.51. The molecule has 18 heavy (non-hydrogen) atoms. The molecule has 1 N–H and O–H groups in total. The van der Waals surface area contributed by atoms with Gasteiger partial charge in [0.2, 0.25) is 0 Å². The van der Waals surface area contributed by atoms with Gasteiger partial charge in [-0.3, -0.25) is 9.59 Å². The van der Waals surface area contributed by atoms with E-state index in [1.165, 1.54) is 6.92 Å². The number of benzene rings is 1. The third-order valence-electron chi connectivity index (χ3n) is 2.14. The van der Waals surface area contributed by atoms with Crippen LogP contribution in [0, 0.1) is 6.92 Å². The molecule has 1 aromatic rings.